The van der Waals surface area contributed by atoms with Crippen molar-refractivity contribution in [3.8, 4) is 22.3 Å². The van der Waals surface area contributed by atoms with Gasteiger partial charge in [-0.05, 0) is 35.4 Å². The maximum atomic E-state index is 15.4. The fraction of sp³-hybridized carbons (Fsp3) is 0.0714. The second kappa shape index (κ2) is 9.60. The normalized spacial score (nSPS) is 12.5. The average Bonchev–Trinajstić information content (AvgIpc) is 2.94. The quantitative estimate of drug-likeness (QED) is 0.0808. The number of hydrogen-bond donors (Lipinski definition) is 0. The molecule has 0 radical (unpaired) electrons. The molecule has 0 unspecified atom stereocenters. The van der Waals surface area contributed by atoms with Crippen LogP contribution in [0.5, 0.6) is 0 Å². The van der Waals surface area contributed by atoms with Gasteiger partial charge in [-0.3, -0.25) is 0 Å². The summed E-state index contributed by atoms with van der Waals surface area (Å²) >= 11 is 0. The molecule has 0 fully saturated rings. The molecule has 218 valence electrons. The summed E-state index contributed by atoms with van der Waals surface area (Å²) in [5.41, 5.74) is -6.51. The lowest BCUT2D eigenvalue weighted by Gasteiger charge is -2.21. The Morgan fingerprint density at radius 1 is 0.310 bits per heavy atom. The van der Waals surface area contributed by atoms with E-state index in [0.717, 1.165) is 0 Å². The Balaban J connectivity index is 2.09. The highest BCUT2D eigenvalue weighted by Crippen LogP contribution is 2.49. The van der Waals surface area contributed by atoms with Gasteiger partial charge in [-0.25, -0.2) is 35.1 Å². The summed E-state index contributed by atoms with van der Waals surface area (Å²) in [6.45, 7) is 0. The Bertz CT molecular complexity index is 1680. The summed E-state index contributed by atoms with van der Waals surface area (Å²) in [6, 6.07) is 3.46. The van der Waals surface area contributed by atoms with E-state index in [-0.39, 0.29) is 0 Å². The molecule has 0 aliphatic rings. The van der Waals surface area contributed by atoms with Crippen molar-refractivity contribution in [2.24, 2.45) is 0 Å². The van der Waals surface area contributed by atoms with E-state index in [1.54, 1.807) is 0 Å². The van der Waals surface area contributed by atoms with Crippen LogP contribution in [0.2, 0.25) is 0 Å². The standard InChI is InChI=1S/C28H8F14/c29-19-15-13(9-1-5-11(6-2-9)27(37,38)39)16-18(22(32)26(36)24(34)20(16)30)14(17(15)21(31)25(35)23(19)33)10-3-7-12(8-4-10)28(40,41)42/h1-8H. The van der Waals surface area contributed by atoms with Gasteiger partial charge in [0.15, 0.2) is 46.5 Å². The molecular formula is C28H8F14. The number of halogens is 14. The average molecular weight is 610 g/mol. The molecule has 0 atom stereocenters. The number of fused-ring (bicyclic) bond motifs is 2. The Hall–Kier alpha value is -4.36. The van der Waals surface area contributed by atoms with Crippen LogP contribution in [0.4, 0.5) is 61.5 Å². The van der Waals surface area contributed by atoms with Crippen LogP contribution in [0.3, 0.4) is 0 Å². The lowest BCUT2D eigenvalue weighted by atomic mass is 9.84. The van der Waals surface area contributed by atoms with E-state index in [0.29, 0.717) is 48.5 Å². The Labute approximate surface area is 224 Å². The lowest BCUT2D eigenvalue weighted by molar-refractivity contribution is -0.138. The zero-order chi connectivity index (χ0) is 31.0. The summed E-state index contributed by atoms with van der Waals surface area (Å²) in [6.07, 6.45) is -9.90. The molecule has 0 heterocycles. The molecule has 0 nitrogen and oxygen atoms in total. The van der Waals surface area contributed by atoms with Gasteiger partial charge < -0.3 is 0 Å². The third kappa shape index (κ3) is 4.31. The number of benzene rings is 5. The van der Waals surface area contributed by atoms with Gasteiger partial charge in [-0.1, -0.05) is 24.3 Å². The van der Waals surface area contributed by atoms with Crippen molar-refractivity contribution in [1.82, 2.24) is 0 Å². The van der Waals surface area contributed by atoms with Crippen molar-refractivity contribution < 1.29 is 61.5 Å². The van der Waals surface area contributed by atoms with Gasteiger partial charge in [-0.15, -0.1) is 0 Å². The zero-order valence-corrected chi connectivity index (χ0v) is 19.9. The molecule has 0 N–H and O–H groups in total. The molecule has 0 saturated heterocycles. The fourth-order valence-electron chi connectivity index (χ4n) is 4.68. The maximum absolute atomic E-state index is 15.4. The predicted molar refractivity (Wildman–Crippen MR) is 122 cm³/mol. The lowest BCUT2D eigenvalue weighted by Crippen LogP contribution is -2.08. The van der Waals surface area contributed by atoms with E-state index in [4.69, 9.17) is 0 Å². The van der Waals surface area contributed by atoms with Crippen LogP contribution in [0.15, 0.2) is 48.5 Å². The van der Waals surface area contributed by atoms with Gasteiger partial charge in [0.05, 0.1) is 11.1 Å². The van der Waals surface area contributed by atoms with Crippen molar-refractivity contribution >= 4 is 21.5 Å². The van der Waals surface area contributed by atoms with E-state index in [2.05, 4.69) is 0 Å². The van der Waals surface area contributed by atoms with Gasteiger partial charge in [0, 0.05) is 32.7 Å². The first-order chi connectivity index (χ1) is 19.5. The topological polar surface area (TPSA) is 0 Å². The molecule has 5 aromatic rings. The Morgan fingerprint density at radius 2 is 0.524 bits per heavy atom. The van der Waals surface area contributed by atoms with E-state index in [9.17, 15) is 43.9 Å². The minimum atomic E-state index is -4.95. The van der Waals surface area contributed by atoms with Crippen molar-refractivity contribution in [2.75, 3.05) is 0 Å². The maximum Gasteiger partial charge on any atom is 0.416 e. The van der Waals surface area contributed by atoms with E-state index in [1.165, 1.54) is 0 Å². The second-order valence-electron chi connectivity index (χ2n) is 8.91. The summed E-state index contributed by atoms with van der Waals surface area (Å²) in [5.74, 6) is -19.2. The Morgan fingerprint density at radius 3 is 0.714 bits per heavy atom. The van der Waals surface area contributed by atoms with Crippen LogP contribution in [0.1, 0.15) is 11.1 Å². The summed E-state index contributed by atoms with van der Waals surface area (Å²) in [4.78, 5) is 0. The molecular weight excluding hydrogens is 602 g/mol. The molecule has 0 aliphatic heterocycles. The first-order valence-corrected chi connectivity index (χ1v) is 11.3. The number of rotatable bonds is 2. The molecule has 0 aliphatic carbocycles. The third-order valence-electron chi connectivity index (χ3n) is 6.54. The van der Waals surface area contributed by atoms with Crippen LogP contribution in [-0.4, -0.2) is 0 Å². The van der Waals surface area contributed by atoms with Crippen LogP contribution in [-0.2, 0) is 12.4 Å². The first-order valence-electron chi connectivity index (χ1n) is 11.3. The highest BCUT2D eigenvalue weighted by molar-refractivity contribution is 6.22. The van der Waals surface area contributed by atoms with Gasteiger partial charge in [0.2, 0.25) is 0 Å². The summed E-state index contributed by atoms with van der Waals surface area (Å²) in [7, 11) is 0. The van der Waals surface area contributed by atoms with Gasteiger partial charge in [0.1, 0.15) is 0 Å². The van der Waals surface area contributed by atoms with Gasteiger partial charge in [0.25, 0.3) is 0 Å². The smallest absolute Gasteiger partial charge is 0.203 e. The van der Waals surface area contributed by atoms with E-state index in [1.807, 2.05) is 0 Å². The van der Waals surface area contributed by atoms with Crippen molar-refractivity contribution in [3.63, 3.8) is 0 Å². The molecule has 0 saturated carbocycles. The number of hydrogen-bond acceptors (Lipinski definition) is 0. The monoisotopic (exact) mass is 610 g/mol. The van der Waals surface area contributed by atoms with Crippen molar-refractivity contribution in [2.45, 2.75) is 12.4 Å². The highest BCUT2D eigenvalue weighted by atomic mass is 19.4. The Kier molecular flexibility index (Phi) is 6.66. The predicted octanol–water partition coefficient (Wildman–Crippen LogP) is 10.5. The molecule has 5 rings (SSSR count). The fourth-order valence-corrected chi connectivity index (χ4v) is 4.68. The van der Waals surface area contributed by atoms with Gasteiger partial charge in [-0.2, -0.15) is 26.3 Å². The van der Waals surface area contributed by atoms with Gasteiger partial charge >= 0.3 is 12.4 Å². The van der Waals surface area contributed by atoms with Crippen LogP contribution < -0.4 is 0 Å². The van der Waals surface area contributed by atoms with Crippen LogP contribution in [0, 0.1) is 46.5 Å². The van der Waals surface area contributed by atoms with Crippen LogP contribution >= 0.6 is 0 Å². The third-order valence-corrected chi connectivity index (χ3v) is 6.54. The van der Waals surface area contributed by atoms with E-state index >= 15 is 17.6 Å². The molecule has 14 heteroatoms. The number of alkyl halides is 6. The van der Waals surface area contributed by atoms with Crippen LogP contribution in [0.25, 0.3) is 43.8 Å². The largest absolute Gasteiger partial charge is 0.416 e. The SMILES string of the molecule is Fc1c(F)c(F)c2c(-c3ccc(C(F)(F)F)cc3)c3c(F)c(F)c(F)c(F)c3c(-c3ccc(C(F)(F)F)cc3)c2c1F. The molecule has 0 aromatic heterocycles. The molecule has 42 heavy (non-hydrogen) atoms. The second-order valence-corrected chi connectivity index (χ2v) is 8.91. The first kappa shape index (κ1) is 29.1. The minimum absolute atomic E-state index is 0.346. The van der Waals surface area contributed by atoms with Crippen molar-refractivity contribution in [1.29, 1.82) is 0 Å². The molecule has 0 spiro atoms. The zero-order valence-electron chi connectivity index (χ0n) is 19.9. The summed E-state index contributed by atoms with van der Waals surface area (Å²) < 4.78 is 198. The van der Waals surface area contributed by atoms with Crippen molar-refractivity contribution in [3.05, 3.63) is 106 Å². The van der Waals surface area contributed by atoms with E-state index < -0.39 is 114 Å². The molecule has 0 bridgehead atoms. The molecule has 0 amide bonds. The molecule has 5 aromatic carbocycles. The minimum Gasteiger partial charge on any atom is -0.203 e. The summed E-state index contributed by atoms with van der Waals surface area (Å²) in [5, 5.41) is -5.79. The highest BCUT2D eigenvalue weighted by Gasteiger charge is 2.35.